The van der Waals surface area contributed by atoms with E-state index in [4.69, 9.17) is 5.11 Å². The summed E-state index contributed by atoms with van der Waals surface area (Å²) in [5.41, 5.74) is 3.17. The van der Waals surface area contributed by atoms with Crippen molar-refractivity contribution in [1.82, 2.24) is 0 Å². The lowest BCUT2D eigenvalue weighted by atomic mass is 9.86. The summed E-state index contributed by atoms with van der Waals surface area (Å²) >= 11 is 1.71. The van der Waals surface area contributed by atoms with Crippen LogP contribution in [0.4, 0.5) is 0 Å². The molecule has 0 radical (unpaired) electrons. The zero-order chi connectivity index (χ0) is 20.6. The van der Waals surface area contributed by atoms with E-state index in [1.165, 1.54) is 47.2 Å². The molecule has 1 aliphatic carbocycles. The minimum atomic E-state index is 0.322. The van der Waals surface area contributed by atoms with E-state index in [-0.39, 0.29) is 0 Å². The first-order valence-electron chi connectivity index (χ1n) is 10.5. The Kier molecular flexibility index (Phi) is 6.79. The molecule has 6 rings (SSSR count). The van der Waals surface area contributed by atoms with Gasteiger partial charge in [0.15, 0.2) is 0 Å². The number of phenolic OH excluding ortho intramolecular Hbond substituents is 1. The van der Waals surface area contributed by atoms with E-state index in [9.17, 15) is 0 Å². The van der Waals surface area contributed by atoms with Gasteiger partial charge in [0.25, 0.3) is 0 Å². The van der Waals surface area contributed by atoms with Crippen molar-refractivity contribution < 1.29 is 5.11 Å². The summed E-state index contributed by atoms with van der Waals surface area (Å²) in [5.74, 6) is 0.322. The maximum absolute atomic E-state index is 8.63. The zero-order valence-electron chi connectivity index (χ0n) is 17.0. The Morgan fingerprint density at radius 1 is 0.567 bits per heavy atom. The molecule has 0 fully saturated rings. The smallest absolute Gasteiger partial charge is 0.115 e. The van der Waals surface area contributed by atoms with Crippen molar-refractivity contribution in [2.75, 3.05) is 0 Å². The molecule has 1 aliphatic rings. The maximum atomic E-state index is 8.63. The molecule has 30 heavy (non-hydrogen) atoms. The fourth-order valence-corrected chi connectivity index (χ4v) is 4.45. The first-order valence-corrected chi connectivity index (χ1v) is 11.4. The van der Waals surface area contributed by atoms with Crippen LogP contribution in [-0.2, 0) is 12.8 Å². The molecule has 0 saturated carbocycles. The van der Waals surface area contributed by atoms with Crippen LogP contribution in [0.2, 0.25) is 0 Å². The molecule has 0 saturated heterocycles. The van der Waals surface area contributed by atoms with E-state index in [2.05, 4.69) is 48.5 Å². The van der Waals surface area contributed by atoms with E-state index in [0.717, 1.165) is 0 Å². The highest BCUT2D eigenvalue weighted by molar-refractivity contribution is 7.07. The summed E-state index contributed by atoms with van der Waals surface area (Å²) in [5, 5.41) is 18.4. The lowest BCUT2D eigenvalue weighted by Crippen LogP contribution is -2.02. The average Bonchev–Trinajstić information content (AvgIpc) is 3.40. The SMILES string of the molecule is Oc1ccccc1.c1ccc2c(c1)ccc1c3c(ccc12)CCCC3.c1ccsc1. The molecule has 1 aromatic heterocycles. The third kappa shape index (κ3) is 4.90. The van der Waals surface area contributed by atoms with Gasteiger partial charge in [0.1, 0.15) is 5.75 Å². The van der Waals surface area contributed by atoms with Gasteiger partial charge in [-0.05, 0) is 81.2 Å². The summed E-state index contributed by atoms with van der Waals surface area (Å²) in [6, 6.07) is 30.7. The Morgan fingerprint density at radius 3 is 1.97 bits per heavy atom. The fourth-order valence-electron chi connectivity index (χ4n) is 4.00. The van der Waals surface area contributed by atoms with Gasteiger partial charge in [-0.2, -0.15) is 11.3 Å². The molecular formula is C28H26OS. The van der Waals surface area contributed by atoms with Gasteiger partial charge < -0.3 is 5.11 Å². The topological polar surface area (TPSA) is 20.2 Å². The third-order valence-electron chi connectivity index (χ3n) is 5.44. The standard InChI is InChI=1S/C18H16.C6H6O.C4H4S/c1-3-7-15-13(5-1)9-11-18-16-8-4-2-6-14(16)10-12-17(15)18;7-6-4-2-1-3-5-6;1-2-4-5-3-1/h1,3,5,7,9-12H,2,4,6,8H2;1-5,7H;1-4H. The second-order valence-corrected chi connectivity index (χ2v) is 8.24. The Labute approximate surface area is 182 Å². The van der Waals surface area contributed by atoms with Crippen molar-refractivity contribution in [3.05, 3.63) is 113 Å². The Hall–Kier alpha value is -3.10. The average molecular weight is 411 g/mol. The van der Waals surface area contributed by atoms with E-state index >= 15 is 0 Å². The van der Waals surface area contributed by atoms with Gasteiger partial charge in [0.05, 0.1) is 0 Å². The van der Waals surface area contributed by atoms with Crippen molar-refractivity contribution in [2.24, 2.45) is 0 Å². The van der Waals surface area contributed by atoms with Gasteiger partial charge in [0.2, 0.25) is 0 Å². The van der Waals surface area contributed by atoms with E-state index in [0.29, 0.717) is 5.75 Å². The molecule has 2 heteroatoms. The second kappa shape index (κ2) is 10.1. The van der Waals surface area contributed by atoms with Crippen molar-refractivity contribution in [3.63, 3.8) is 0 Å². The first kappa shape index (κ1) is 20.2. The zero-order valence-corrected chi connectivity index (χ0v) is 17.8. The highest BCUT2D eigenvalue weighted by atomic mass is 32.1. The molecule has 1 nitrogen and oxygen atoms in total. The molecule has 1 N–H and O–H groups in total. The molecule has 0 aliphatic heterocycles. The fraction of sp³-hybridized carbons (Fsp3) is 0.143. The molecular weight excluding hydrogens is 384 g/mol. The van der Waals surface area contributed by atoms with Crippen LogP contribution in [0.3, 0.4) is 0 Å². The number of hydrogen-bond donors (Lipinski definition) is 1. The lowest BCUT2D eigenvalue weighted by Gasteiger charge is -2.18. The monoisotopic (exact) mass is 410 g/mol. The number of phenols is 1. The largest absolute Gasteiger partial charge is 0.508 e. The highest BCUT2D eigenvalue weighted by Gasteiger charge is 2.13. The van der Waals surface area contributed by atoms with Gasteiger partial charge >= 0.3 is 0 Å². The van der Waals surface area contributed by atoms with Gasteiger partial charge in [0, 0.05) is 0 Å². The van der Waals surface area contributed by atoms with Crippen LogP contribution in [0.15, 0.2) is 102 Å². The number of aromatic hydroxyl groups is 1. The van der Waals surface area contributed by atoms with Crippen molar-refractivity contribution in [2.45, 2.75) is 25.7 Å². The summed E-state index contributed by atoms with van der Waals surface area (Å²) in [7, 11) is 0. The summed E-state index contributed by atoms with van der Waals surface area (Å²) in [6.07, 6.45) is 5.22. The number of aryl methyl sites for hydroxylation is 2. The number of hydrogen-bond acceptors (Lipinski definition) is 2. The van der Waals surface area contributed by atoms with Crippen LogP contribution >= 0.6 is 11.3 Å². The number of para-hydroxylation sites is 1. The lowest BCUT2D eigenvalue weighted by molar-refractivity contribution is 0.475. The van der Waals surface area contributed by atoms with Crippen LogP contribution in [0, 0.1) is 0 Å². The molecule has 150 valence electrons. The van der Waals surface area contributed by atoms with Gasteiger partial charge in [-0.3, -0.25) is 0 Å². The molecule has 0 bridgehead atoms. The minimum Gasteiger partial charge on any atom is -0.508 e. The normalized spacial score (nSPS) is 12.3. The van der Waals surface area contributed by atoms with Gasteiger partial charge in [-0.1, -0.05) is 78.9 Å². The molecule has 0 amide bonds. The van der Waals surface area contributed by atoms with Crippen molar-refractivity contribution in [1.29, 1.82) is 0 Å². The highest BCUT2D eigenvalue weighted by Crippen LogP contribution is 2.33. The summed E-state index contributed by atoms with van der Waals surface area (Å²) < 4.78 is 0. The van der Waals surface area contributed by atoms with E-state index in [1.807, 2.05) is 29.0 Å². The predicted molar refractivity (Wildman–Crippen MR) is 131 cm³/mol. The predicted octanol–water partition coefficient (Wildman–Crippen LogP) is 8.01. The van der Waals surface area contributed by atoms with Crippen LogP contribution in [0.25, 0.3) is 21.5 Å². The summed E-state index contributed by atoms with van der Waals surface area (Å²) in [6.45, 7) is 0. The number of rotatable bonds is 0. The van der Waals surface area contributed by atoms with Gasteiger partial charge in [-0.15, -0.1) is 0 Å². The Bertz CT molecular complexity index is 1180. The molecule has 0 spiro atoms. The number of benzene rings is 4. The molecule has 4 aromatic carbocycles. The van der Waals surface area contributed by atoms with E-state index < -0.39 is 0 Å². The Balaban J connectivity index is 0.000000149. The van der Waals surface area contributed by atoms with Crippen LogP contribution in [0.5, 0.6) is 5.75 Å². The summed E-state index contributed by atoms with van der Waals surface area (Å²) in [4.78, 5) is 0. The molecule has 1 heterocycles. The molecule has 0 atom stereocenters. The Morgan fingerprint density at radius 2 is 1.27 bits per heavy atom. The maximum Gasteiger partial charge on any atom is 0.115 e. The van der Waals surface area contributed by atoms with Gasteiger partial charge in [-0.25, -0.2) is 0 Å². The third-order valence-corrected chi connectivity index (χ3v) is 6.07. The van der Waals surface area contributed by atoms with E-state index in [1.54, 1.807) is 46.7 Å². The quantitative estimate of drug-likeness (QED) is 0.256. The van der Waals surface area contributed by atoms with Crippen molar-refractivity contribution >= 4 is 32.9 Å². The minimum absolute atomic E-state index is 0.322. The first-order chi connectivity index (χ1) is 14.8. The molecule has 0 unspecified atom stereocenters. The second-order valence-electron chi connectivity index (χ2n) is 7.42. The van der Waals surface area contributed by atoms with Crippen LogP contribution < -0.4 is 0 Å². The molecule has 5 aromatic rings. The van der Waals surface area contributed by atoms with Crippen molar-refractivity contribution in [3.8, 4) is 5.75 Å². The number of fused-ring (bicyclic) bond motifs is 5. The van der Waals surface area contributed by atoms with Crippen LogP contribution in [-0.4, -0.2) is 5.11 Å². The van der Waals surface area contributed by atoms with Crippen LogP contribution in [0.1, 0.15) is 24.0 Å². The number of thiophene rings is 1.